The molecule has 5 nitrogen and oxygen atoms in total. The van der Waals surface area contributed by atoms with Crippen molar-refractivity contribution >= 4 is 11.7 Å². The smallest absolute Gasteiger partial charge is 0.339 e. The number of carbonyl (C=O) groups is 1. The van der Waals surface area contributed by atoms with E-state index in [2.05, 4.69) is 73.9 Å². The van der Waals surface area contributed by atoms with E-state index >= 15 is 0 Å². The summed E-state index contributed by atoms with van der Waals surface area (Å²) in [4.78, 5) is 17.7. The predicted octanol–water partition coefficient (Wildman–Crippen LogP) is 5.12. The Kier molecular flexibility index (Phi) is 5.43. The maximum absolute atomic E-state index is 13.0. The molecule has 0 saturated heterocycles. The fourth-order valence-corrected chi connectivity index (χ4v) is 5.63. The monoisotopic (exact) mass is 444 g/mol. The van der Waals surface area contributed by atoms with E-state index in [1.807, 2.05) is 24.3 Å². The molecule has 1 aliphatic carbocycles. The van der Waals surface area contributed by atoms with Crippen LogP contribution in [0, 0.1) is 5.92 Å². The Bertz CT molecular complexity index is 1130. The lowest BCUT2D eigenvalue weighted by atomic mass is 9.70. The number of likely N-dealkylation sites (N-methyl/N-ethyl adjacent to an activating group) is 1. The van der Waals surface area contributed by atoms with Gasteiger partial charge in [-0.05, 0) is 58.0 Å². The van der Waals surface area contributed by atoms with Crippen molar-refractivity contribution in [2.75, 3.05) is 31.1 Å². The molecule has 0 aromatic heterocycles. The number of hydrogen-bond acceptors (Lipinski definition) is 5. The second-order valence-corrected chi connectivity index (χ2v) is 8.75. The maximum atomic E-state index is 13.0. The van der Waals surface area contributed by atoms with Gasteiger partial charge in [0, 0.05) is 54.8 Å². The van der Waals surface area contributed by atoms with E-state index in [-0.39, 0.29) is 18.0 Å². The van der Waals surface area contributed by atoms with Gasteiger partial charge in [-0.2, -0.15) is 0 Å². The summed E-state index contributed by atoms with van der Waals surface area (Å²) in [5.74, 6) is 0.378. The number of rotatable bonds is 6. The summed E-state index contributed by atoms with van der Waals surface area (Å²) in [6.07, 6.45) is 6.29. The van der Waals surface area contributed by atoms with Crippen LogP contribution in [-0.4, -0.2) is 43.2 Å². The van der Waals surface area contributed by atoms with Crippen LogP contribution >= 0.6 is 0 Å². The molecule has 0 N–H and O–H groups in total. The van der Waals surface area contributed by atoms with Crippen LogP contribution in [0.5, 0.6) is 5.75 Å². The van der Waals surface area contributed by atoms with Gasteiger partial charge in [-0.25, -0.2) is 4.79 Å². The molecule has 0 radical (unpaired) electrons. The van der Waals surface area contributed by atoms with Crippen LogP contribution in [-0.2, 0) is 10.3 Å². The average molecular weight is 445 g/mol. The van der Waals surface area contributed by atoms with E-state index in [9.17, 15) is 4.79 Å². The van der Waals surface area contributed by atoms with Gasteiger partial charge in [0.2, 0.25) is 0 Å². The summed E-state index contributed by atoms with van der Waals surface area (Å²) in [5, 5.41) is 0. The number of benzene rings is 2. The highest BCUT2D eigenvalue weighted by atomic mass is 16.6. The highest BCUT2D eigenvalue weighted by molar-refractivity contribution is 5.96. The van der Waals surface area contributed by atoms with E-state index in [1.165, 1.54) is 0 Å². The Balaban J connectivity index is 1.70. The van der Waals surface area contributed by atoms with Crippen LogP contribution in [0.2, 0.25) is 0 Å². The average Bonchev–Trinajstić information content (AvgIpc) is 3.13. The molecule has 33 heavy (non-hydrogen) atoms. The highest BCUT2D eigenvalue weighted by Crippen LogP contribution is 2.56. The van der Waals surface area contributed by atoms with Gasteiger partial charge >= 0.3 is 5.97 Å². The van der Waals surface area contributed by atoms with Crippen molar-refractivity contribution in [3.05, 3.63) is 83.1 Å². The van der Waals surface area contributed by atoms with Gasteiger partial charge < -0.3 is 19.3 Å². The largest absolute Gasteiger partial charge is 0.485 e. The summed E-state index contributed by atoms with van der Waals surface area (Å²) in [5.41, 5.74) is 3.86. The molecular weight excluding hydrogens is 412 g/mol. The van der Waals surface area contributed by atoms with Crippen molar-refractivity contribution in [2.24, 2.45) is 5.92 Å². The Morgan fingerprint density at radius 2 is 1.64 bits per heavy atom. The van der Waals surface area contributed by atoms with Gasteiger partial charge in [-0.15, -0.1) is 0 Å². The zero-order valence-electron chi connectivity index (χ0n) is 19.9. The summed E-state index contributed by atoms with van der Waals surface area (Å²) in [6.45, 7) is 12.3. The minimum absolute atomic E-state index is 0.142. The minimum atomic E-state index is -0.893. The van der Waals surface area contributed by atoms with Crippen molar-refractivity contribution < 1.29 is 14.3 Å². The lowest BCUT2D eigenvalue weighted by Crippen LogP contribution is -2.49. The summed E-state index contributed by atoms with van der Waals surface area (Å²) < 4.78 is 13.0. The molecule has 0 fully saturated rings. The molecular formula is C28H32N2O3. The first-order valence-corrected chi connectivity index (χ1v) is 12.1. The second-order valence-electron chi connectivity index (χ2n) is 8.75. The molecule has 2 aromatic carbocycles. The molecule has 5 heteroatoms. The summed E-state index contributed by atoms with van der Waals surface area (Å²) >= 11 is 0. The predicted molar refractivity (Wildman–Crippen MR) is 131 cm³/mol. The normalized spacial score (nSPS) is 24.4. The van der Waals surface area contributed by atoms with Crippen LogP contribution < -0.4 is 9.64 Å². The van der Waals surface area contributed by atoms with E-state index < -0.39 is 5.60 Å². The van der Waals surface area contributed by atoms with E-state index in [4.69, 9.17) is 9.47 Å². The molecule has 172 valence electrons. The van der Waals surface area contributed by atoms with Gasteiger partial charge in [0.15, 0.2) is 5.60 Å². The number of ether oxygens (including phenoxy) is 2. The lowest BCUT2D eigenvalue weighted by molar-refractivity contribution is -0.0421. The minimum Gasteiger partial charge on any atom is -0.485 e. The standard InChI is InChI=1S/C28H32N2O3/c1-5-29(6-2)19-13-15-23-25(17-19)32-26-18-20(30(7-3)8-4)14-16-24(26)28(23)22-12-10-9-11-21(22)27(31)33-28/h9-18,23,25H,5-8H2,1-4H3. The molecule has 1 spiro atoms. The van der Waals surface area contributed by atoms with Crippen LogP contribution in [0.25, 0.3) is 0 Å². The number of allylic oxidation sites excluding steroid dienone is 1. The zero-order chi connectivity index (χ0) is 23.2. The van der Waals surface area contributed by atoms with E-state index in [0.717, 1.165) is 54.4 Å². The third-order valence-corrected chi connectivity index (χ3v) is 7.32. The fraction of sp³-hybridized carbons (Fsp3) is 0.393. The van der Waals surface area contributed by atoms with Crippen molar-refractivity contribution in [3.63, 3.8) is 0 Å². The first-order chi connectivity index (χ1) is 16.1. The molecule has 0 amide bonds. The SMILES string of the molecule is CCN(CC)C1=CC2Oc3cc(N(CC)CC)ccc3C3(OC(=O)c4ccccc43)C2C=C1. The topological polar surface area (TPSA) is 42.0 Å². The van der Waals surface area contributed by atoms with Crippen LogP contribution in [0.1, 0.15) is 49.2 Å². The van der Waals surface area contributed by atoms with Crippen molar-refractivity contribution in [1.82, 2.24) is 4.90 Å². The first-order valence-electron chi connectivity index (χ1n) is 12.1. The third kappa shape index (κ3) is 3.17. The molecule has 0 saturated carbocycles. The molecule has 2 heterocycles. The number of hydrogen-bond donors (Lipinski definition) is 0. The Labute approximate surface area is 196 Å². The summed E-state index contributed by atoms with van der Waals surface area (Å²) in [6, 6.07) is 14.1. The van der Waals surface area contributed by atoms with Gasteiger partial charge in [0.1, 0.15) is 11.9 Å². The lowest BCUT2D eigenvalue weighted by Gasteiger charge is -2.46. The molecule has 5 rings (SSSR count). The fourth-order valence-electron chi connectivity index (χ4n) is 5.63. The maximum Gasteiger partial charge on any atom is 0.339 e. The zero-order valence-corrected chi connectivity index (χ0v) is 19.9. The van der Waals surface area contributed by atoms with E-state index in [1.54, 1.807) is 0 Å². The molecule has 0 bridgehead atoms. The van der Waals surface area contributed by atoms with Crippen LogP contribution in [0.4, 0.5) is 5.69 Å². The number of fused-ring (bicyclic) bond motifs is 6. The number of anilines is 1. The second kappa shape index (κ2) is 8.29. The van der Waals surface area contributed by atoms with E-state index in [0.29, 0.717) is 5.56 Å². The molecule has 3 aliphatic rings. The van der Waals surface area contributed by atoms with Gasteiger partial charge in [0.25, 0.3) is 0 Å². The number of esters is 1. The number of carbonyl (C=O) groups excluding carboxylic acids is 1. The summed E-state index contributed by atoms with van der Waals surface area (Å²) in [7, 11) is 0. The molecule has 3 atom stereocenters. The Hall–Kier alpha value is -3.21. The Morgan fingerprint density at radius 3 is 2.36 bits per heavy atom. The third-order valence-electron chi connectivity index (χ3n) is 7.32. The Morgan fingerprint density at radius 1 is 0.909 bits per heavy atom. The molecule has 2 aromatic rings. The number of nitrogens with zero attached hydrogens (tertiary/aromatic N) is 2. The quantitative estimate of drug-likeness (QED) is 0.579. The highest BCUT2D eigenvalue weighted by Gasteiger charge is 2.58. The van der Waals surface area contributed by atoms with Crippen LogP contribution in [0.3, 0.4) is 0 Å². The molecule has 3 unspecified atom stereocenters. The molecule has 2 aliphatic heterocycles. The first kappa shape index (κ1) is 21.6. The van der Waals surface area contributed by atoms with Crippen LogP contribution in [0.15, 0.2) is 66.4 Å². The van der Waals surface area contributed by atoms with Crippen molar-refractivity contribution in [1.29, 1.82) is 0 Å². The van der Waals surface area contributed by atoms with Gasteiger partial charge in [-0.3, -0.25) is 0 Å². The van der Waals surface area contributed by atoms with Gasteiger partial charge in [0.05, 0.1) is 11.5 Å². The van der Waals surface area contributed by atoms with Crippen molar-refractivity contribution in [2.45, 2.75) is 39.4 Å². The van der Waals surface area contributed by atoms with Crippen molar-refractivity contribution in [3.8, 4) is 5.75 Å². The van der Waals surface area contributed by atoms with Gasteiger partial charge in [-0.1, -0.05) is 24.3 Å².